The van der Waals surface area contributed by atoms with Crippen LogP contribution in [-0.2, 0) is 4.74 Å². The van der Waals surface area contributed by atoms with E-state index in [1.54, 1.807) is 6.07 Å². The number of hydrogen-bond acceptors (Lipinski definition) is 3. The molecule has 0 aliphatic carbocycles. The number of nitrogens with one attached hydrogen (secondary N) is 1. The van der Waals surface area contributed by atoms with Gasteiger partial charge in [0.15, 0.2) is 11.6 Å². The van der Waals surface area contributed by atoms with Gasteiger partial charge < -0.3 is 15.2 Å². The Bertz CT molecular complexity index is 378. The maximum absolute atomic E-state index is 13.2. The fourth-order valence-corrected chi connectivity index (χ4v) is 2.02. The van der Waals surface area contributed by atoms with Crippen LogP contribution in [0.25, 0.3) is 0 Å². The number of phenols is 1. The first-order valence-electron chi connectivity index (χ1n) is 6.00. The van der Waals surface area contributed by atoms with Crippen LogP contribution in [0.5, 0.6) is 5.75 Å². The monoisotopic (exact) mass is 239 g/mol. The third-order valence-corrected chi connectivity index (χ3v) is 3.15. The van der Waals surface area contributed by atoms with Crippen molar-refractivity contribution < 1.29 is 14.2 Å². The van der Waals surface area contributed by atoms with Crippen molar-refractivity contribution in [2.45, 2.75) is 31.9 Å². The van der Waals surface area contributed by atoms with Crippen LogP contribution < -0.4 is 5.32 Å². The van der Waals surface area contributed by atoms with E-state index in [2.05, 4.69) is 5.32 Å². The molecule has 2 N–H and O–H groups in total. The summed E-state index contributed by atoms with van der Waals surface area (Å²) in [5.41, 5.74) is 0.832. The number of phenolic OH excluding ortho intramolecular Hbond substituents is 1. The minimum absolute atomic E-state index is 0.0503. The van der Waals surface area contributed by atoms with Crippen molar-refractivity contribution in [2.75, 3.05) is 13.2 Å². The Kier molecular flexibility index (Phi) is 3.97. The van der Waals surface area contributed by atoms with Crippen molar-refractivity contribution in [1.29, 1.82) is 0 Å². The molecule has 1 aromatic rings. The molecule has 3 nitrogen and oxygen atoms in total. The van der Waals surface area contributed by atoms with Crippen LogP contribution in [0.3, 0.4) is 0 Å². The third kappa shape index (κ3) is 3.17. The third-order valence-electron chi connectivity index (χ3n) is 3.15. The van der Waals surface area contributed by atoms with Crippen molar-refractivity contribution in [3.63, 3.8) is 0 Å². The lowest BCUT2D eigenvalue weighted by Crippen LogP contribution is -2.28. The molecular weight excluding hydrogens is 221 g/mol. The molecule has 0 saturated carbocycles. The summed E-state index contributed by atoms with van der Waals surface area (Å²) in [4.78, 5) is 0. The first kappa shape index (κ1) is 12.3. The predicted molar refractivity (Wildman–Crippen MR) is 63.5 cm³/mol. The fourth-order valence-electron chi connectivity index (χ4n) is 2.02. The second kappa shape index (κ2) is 5.47. The Morgan fingerprint density at radius 2 is 2.41 bits per heavy atom. The maximum atomic E-state index is 13.2. The van der Waals surface area contributed by atoms with E-state index in [9.17, 15) is 4.39 Å². The molecule has 94 valence electrons. The van der Waals surface area contributed by atoms with Gasteiger partial charge in [0.25, 0.3) is 0 Å². The van der Waals surface area contributed by atoms with Crippen LogP contribution in [0.4, 0.5) is 4.39 Å². The molecule has 0 unspecified atom stereocenters. The molecule has 1 aromatic carbocycles. The van der Waals surface area contributed by atoms with E-state index in [0.29, 0.717) is 0 Å². The molecule has 17 heavy (non-hydrogen) atoms. The van der Waals surface area contributed by atoms with Gasteiger partial charge in [-0.05, 0) is 37.5 Å². The average molecular weight is 239 g/mol. The number of ether oxygens (including phenoxy) is 1. The van der Waals surface area contributed by atoms with Gasteiger partial charge in [-0.25, -0.2) is 4.39 Å². The van der Waals surface area contributed by atoms with Crippen LogP contribution in [0.15, 0.2) is 18.2 Å². The molecule has 0 amide bonds. The van der Waals surface area contributed by atoms with Gasteiger partial charge in [-0.3, -0.25) is 0 Å². The van der Waals surface area contributed by atoms with Gasteiger partial charge in [-0.2, -0.15) is 0 Å². The number of aromatic hydroxyl groups is 1. The van der Waals surface area contributed by atoms with Crippen molar-refractivity contribution >= 4 is 0 Å². The molecule has 4 heteroatoms. The van der Waals surface area contributed by atoms with Gasteiger partial charge in [-0.1, -0.05) is 6.07 Å². The lowest BCUT2D eigenvalue weighted by molar-refractivity contribution is 0.108. The Hall–Kier alpha value is -1.13. The van der Waals surface area contributed by atoms with E-state index in [-0.39, 0.29) is 17.9 Å². The first-order valence-corrected chi connectivity index (χ1v) is 6.00. The SMILES string of the molecule is C[C@H](NC[C@H]1CCCO1)c1ccc(O)c(F)c1. The molecule has 0 spiro atoms. The van der Waals surface area contributed by atoms with Crippen LogP contribution in [0.2, 0.25) is 0 Å². The minimum atomic E-state index is -0.576. The lowest BCUT2D eigenvalue weighted by atomic mass is 10.1. The molecule has 2 rings (SSSR count). The highest BCUT2D eigenvalue weighted by molar-refractivity contribution is 5.29. The van der Waals surface area contributed by atoms with Gasteiger partial charge in [0, 0.05) is 19.2 Å². The summed E-state index contributed by atoms with van der Waals surface area (Å²) in [5.74, 6) is -0.881. The van der Waals surface area contributed by atoms with Crippen LogP contribution in [0.1, 0.15) is 31.4 Å². The topological polar surface area (TPSA) is 41.5 Å². The smallest absolute Gasteiger partial charge is 0.165 e. The number of halogens is 1. The Labute approximate surface area is 101 Å². The highest BCUT2D eigenvalue weighted by atomic mass is 19.1. The van der Waals surface area contributed by atoms with Crippen LogP contribution in [0, 0.1) is 5.82 Å². The van der Waals surface area contributed by atoms with Crippen molar-refractivity contribution in [1.82, 2.24) is 5.32 Å². The standard InChI is InChI=1S/C13H18FNO2/c1-9(15-8-11-3-2-6-17-11)10-4-5-13(16)12(14)7-10/h4-5,7,9,11,15-16H,2-3,6,8H2,1H3/t9-,11+/m0/s1. The minimum Gasteiger partial charge on any atom is -0.505 e. The molecule has 1 aliphatic heterocycles. The zero-order valence-electron chi connectivity index (χ0n) is 9.95. The van der Waals surface area contributed by atoms with Crippen molar-refractivity contribution in [3.8, 4) is 5.75 Å². The molecule has 0 radical (unpaired) electrons. The molecule has 1 saturated heterocycles. The van der Waals surface area contributed by atoms with E-state index < -0.39 is 5.82 Å². The molecule has 1 fully saturated rings. The van der Waals surface area contributed by atoms with Crippen LogP contribution >= 0.6 is 0 Å². The first-order chi connectivity index (χ1) is 8.16. The second-order valence-electron chi connectivity index (χ2n) is 4.48. The van der Waals surface area contributed by atoms with E-state index in [1.165, 1.54) is 12.1 Å². The highest BCUT2D eigenvalue weighted by Gasteiger charge is 2.16. The quantitative estimate of drug-likeness (QED) is 0.847. The molecule has 2 atom stereocenters. The fraction of sp³-hybridized carbons (Fsp3) is 0.538. The molecule has 0 aromatic heterocycles. The van der Waals surface area contributed by atoms with E-state index in [0.717, 1.165) is 31.6 Å². The normalized spacial score (nSPS) is 21.6. The average Bonchev–Trinajstić information content (AvgIpc) is 2.82. The zero-order chi connectivity index (χ0) is 12.3. The largest absolute Gasteiger partial charge is 0.505 e. The summed E-state index contributed by atoms with van der Waals surface area (Å²) in [7, 11) is 0. The van der Waals surface area contributed by atoms with Gasteiger partial charge in [0.2, 0.25) is 0 Å². The highest BCUT2D eigenvalue weighted by Crippen LogP contribution is 2.21. The summed E-state index contributed by atoms with van der Waals surface area (Å²) in [6.45, 7) is 3.60. The van der Waals surface area contributed by atoms with E-state index in [1.807, 2.05) is 6.92 Å². The van der Waals surface area contributed by atoms with Gasteiger partial charge in [-0.15, -0.1) is 0 Å². The second-order valence-corrected chi connectivity index (χ2v) is 4.48. The molecular formula is C13H18FNO2. The Balaban J connectivity index is 1.89. The van der Waals surface area contributed by atoms with Gasteiger partial charge in [0.1, 0.15) is 0 Å². The van der Waals surface area contributed by atoms with Crippen molar-refractivity contribution in [3.05, 3.63) is 29.6 Å². The number of hydrogen-bond donors (Lipinski definition) is 2. The predicted octanol–water partition coefficient (Wildman–Crippen LogP) is 2.36. The Morgan fingerprint density at radius 3 is 3.06 bits per heavy atom. The Morgan fingerprint density at radius 1 is 1.59 bits per heavy atom. The summed E-state index contributed by atoms with van der Waals surface area (Å²) >= 11 is 0. The molecule has 0 bridgehead atoms. The van der Waals surface area contributed by atoms with E-state index in [4.69, 9.17) is 9.84 Å². The van der Waals surface area contributed by atoms with E-state index >= 15 is 0 Å². The van der Waals surface area contributed by atoms with Crippen molar-refractivity contribution in [2.24, 2.45) is 0 Å². The number of rotatable bonds is 4. The lowest BCUT2D eigenvalue weighted by Gasteiger charge is -2.17. The zero-order valence-corrected chi connectivity index (χ0v) is 9.95. The number of benzene rings is 1. The maximum Gasteiger partial charge on any atom is 0.165 e. The summed E-state index contributed by atoms with van der Waals surface area (Å²) in [6.07, 6.45) is 2.48. The summed E-state index contributed by atoms with van der Waals surface area (Å²) in [5, 5.41) is 12.4. The molecule has 1 heterocycles. The van der Waals surface area contributed by atoms with Crippen LogP contribution in [-0.4, -0.2) is 24.4 Å². The summed E-state index contributed by atoms with van der Waals surface area (Å²) in [6, 6.07) is 4.53. The summed E-state index contributed by atoms with van der Waals surface area (Å²) < 4.78 is 18.7. The molecule has 1 aliphatic rings. The van der Waals surface area contributed by atoms with Gasteiger partial charge >= 0.3 is 0 Å². The van der Waals surface area contributed by atoms with Gasteiger partial charge in [0.05, 0.1) is 6.10 Å².